The van der Waals surface area contributed by atoms with Crippen LogP contribution in [0.25, 0.3) is 0 Å². The minimum absolute atomic E-state index is 0.00838. The lowest BCUT2D eigenvalue weighted by Crippen LogP contribution is -2.23. The fourth-order valence-electron chi connectivity index (χ4n) is 3.25. The molecule has 1 aliphatic heterocycles. The fourth-order valence-corrected chi connectivity index (χ4v) is 4.03. The van der Waals surface area contributed by atoms with Crippen LogP contribution < -0.4 is 4.90 Å². The molecule has 0 amide bonds. The number of rotatable bonds is 6. The third kappa shape index (κ3) is 4.58. The highest BCUT2D eigenvalue weighted by Gasteiger charge is 2.34. The molecule has 3 heterocycles. The van der Waals surface area contributed by atoms with Crippen molar-refractivity contribution in [2.75, 3.05) is 31.4 Å². The largest absolute Gasteiger partial charge is 0.379 e. The van der Waals surface area contributed by atoms with Crippen molar-refractivity contribution in [2.45, 2.75) is 25.2 Å². The Hall–Kier alpha value is -1.93. The van der Waals surface area contributed by atoms with E-state index in [9.17, 15) is 8.42 Å². The van der Waals surface area contributed by atoms with Gasteiger partial charge in [0.25, 0.3) is 0 Å². The lowest BCUT2D eigenvalue weighted by Gasteiger charge is -2.17. The van der Waals surface area contributed by atoms with Crippen molar-refractivity contribution in [3.05, 3.63) is 41.4 Å². The van der Waals surface area contributed by atoms with Crippen molar-refractivity contribution in [1.82, 2.24) is 10.1 Å². The van der Waals surface area contributed by atoms with Gasteiger partial charge in [-0.15, -0.1) is 0 Å². The molecule has 0 radical (unpaired) electrons. The van der Waals surface area contributed by atoms with Crippen LogP contribution in [-0.4, -0.2) is 51.1 Å². The molecule has 8 heteroatoms. The van der Waals surface area contributed by atoms with Crippen LogP contribution >= 0.6 is 0 Å². The minimum atomic E-state index is -3.05. The van der Waals surface area contributed by atoms with E-state index in [1.807, 2.05) is 25.1 Å². The van der Waals surface area contributed by atoms with Crippen molar-refractivity contribution in [1.29, 1.82) is 0 Å². The zero-order chi connectivity index (χ0) is 18.0. The maximum Gasteiger partial charge on any atom is 0.151 e. The minimum Gasteiger partial charge on any atom is -0.379 e. The van der Waals surface area contributed by atoms with Crippen molar-refractivity contribution in [3.8, 4) is 0 Å². The van der Waals surface area contributed by atoms with E-state index in [1.165, 1.54) is 6.26 Å². The summed E-state index contributed by atoms with van der Waals surface area (Å²) in [5, 5.41) is 3.93. The smallest absolute Gasteiger partial charge is 0.151 e. The molecule has 0 aliphatic carbocycles. The average Bonchev–Trinajstić information content (AvgIpc) is 3.13. The first-order valence-corrected chi connectivity index (χ1v) is 10.2. The van der Waals surface area contributed by atoms with E-state index >= 15 is 0 Å². The van der Waals surface area contributed by atoms with Crippen molar-refractivity contribution < 1.29 is 17.7 Å². The second-order valence-corrected chi connectivity index (χ2v) is 8.81. The molecule has 0 unspecified atom stereocenters. The molecule has 1 fully saturated rings. The van der Waals surface area contributed by atoms with Gasteiger partial charge in [0.1, 0.15) is 11.6 Å². The molecule has 2 atom stereocenters. The molecule has 0 bridgehead atoms. The summed E-state index contributed by atoms with van der Waals surface area (Å²) in [4.78, 5) is 6.59. The SMILES string of the molecule is CO[C@H]1CN(c2ccc(CS(C)(=O)=O)cn2)C[C@H]1Cc1cc(C)no1. The molecule has 25 heavy (non-hydrogen) atoms. The maximum absolute atomic E-state index is 11.4. The van der Waals surface area contributed by atoms with E-state index in [-0.39, 0.29) is 17.8 Å². The lowest BCUT2D eigenvalue weighted by molar-refractivity contribution is 0.0813. The van der Waals surface area contributed by atoms with Crippen LogP contribution in [0.4, 0.5) is 5.82 Å². The first-order chi connectivity index (χ1) is 11.8. The molecule has 2 aromatic rings. The summed E-state index contributed by atoms with van der Waals surface area (Å²) in [5.74, 6) is 1.99. The first kappa shape index (κ1) is 17.9. The Balaban J connectivity index is 1.69. The van der Waals surface area contributed by atoms with Gasteiger partial charge in [-0.25, -0.2) is 13.4 Å². The van der Waals surface area contributed by atoms with Crippen LogP contribution in [0, 0.1) is 12.8 Å². The van der Waals surface area contributed by atoms with Gasteiger partial charge in [0.2, 0.25) is 0 Å². The van der Waals surface area contributed by atoms with Gasteiger partial charge in [-0.1, -0.05) is 11.2 Å². The van der Waals surface area contributed by atoms with Gasteiger partial charge in [0.05, 0.1) is 17.6 Å². The monoisotopic (exact) mass is 365 g/mol. The second kappa shape index (κ2) is 7.13. The highest BCUT2D eigenvalue weighted by molar-refractivity contribution is 7.89. The number of hydrogen-bond donors (Lipinski definition) is 0. The van der Waals surface area contributed by atoms with Crippen molar-refractivity contribution >= 4 is 15.7 Å². The predicted octanol–water partition coefficient (Wildman–Crippen LogP) is 1.62. The first-order valence-electron chi connectivity index (χ1n) is 8.16. The molecule has 0 N–H and O–H groups in total. The van der Waals surface area contributed by atoms with Gasteiger partial charge in [-0.3, -0.25) is 0 Å². The third-order valence-corrected chi connectivity index (χ3v) is 5.24. The number of hydrogen-bond acceptors (Lipinski definition) is 7. The molecular formula is C17H23N3O4S. The number of methoxy groups -OCH3 is 1. The van der Waals surface area contributed by atoms with E-state index in [0.717, 1.165) is 36.8 Å². The standard InChI is InChI=1S/C17H23N3O4S/c1-12-6-15(24-19-12)7-14-9-20(10-16(14)23-2)17-5-4-13(8-18-17)11-25(3,21)22/h4-6,8,14,16H,7,9-11H2,1-3H3/t14-,16+/m1/s1. The van der Waals surface area contributed by atoms with E-state index in [0.29, 0.717) is 5.56 Å². The number of aryl methyl sites for hydroxylation is 1. The molecule has 3 rings (SSSR count). The Morgan fingerprint density at radius 2 is 2.16 bits per heavy atom. The zero-order valence-corrected chi connectivity index (χ0v) is 15.5. The van der Waals surface area contributed by atoms with Gasteiger partial charge in [0, 0.05) is 51.1 Å². The lowest BCUT2D eigenvalue weighted by atomic mass is 10.0. The van der Waals surface area contributed by atoms with Crippen molar-refractivity contribution in [2.24, 2.45) is 5.92 Å². The quantitative estimate of drug-likeness (QED) is 0.769. The summed E-state index contributed by atoms with van der Waals surface area (Å²) in [6, 6.07) is 5.64. The summed E-state index contributed by atoms with van der Waals surface area (Å²) in [6.07, 6.45) is 3.70. The maximum atomic E-state index is 11.4. The molecular weight excluding hydrogens is 342 g/mol. The van der Waals surface area contributed by atoms with E-state index in [1.54, 1.807) is 13.3 Å². The van der Waals surface area contributed by atoms with Crippen LogP contribution in [0.1, 0.15) is 17.0 Å². The number of pyridine rings is 1. The topological polar surface area (TPSA) is 85.5 Å². The zero-order valence-electron chi connectivity index (χ0n) is 14.7. The number of nitrogens with zero attached hydrogens (tertiary/aromatic N) is 3. The summed E-state index contributed by atoms with van der Waals surface area (Å²) < 4.78 is 33.7. The molecule has 0 aromatic carbocycles. The molecule has 7 nitrogen and oxygen atoms in total. The van der Waals surface area contributed by atoms with E-state index < -0.39 is 9.84 Å². The molecule has 0 spiro atoms. The number of anilines is 1. The van der Waals surface area contributed by atoms with Crippen molar-refractivity contribution in [3.63, 3.8) is 0 Å². The molecule has 1 saturated heterocycles. The van der Waals surface area contributed by atoms with Crippen LogP contribution in [0.2, 0.25) is 0 Å². The van der Waals surface area contributed by atoms with Gasteiger partial charge < -0.3 is 14.2 Å². The van der Waals surface area contributed by atoms with Crippen LogP contribution in [0.15, 0.2) is 28.9 Å². The third-order valence-electron chi connectivity index (χ3n) is 4.39. The highest BCUT2D eigenvalue weighted by atomic mass is 32.2. The second-order valence-electron chi connectivity index (χ2n) is 6.67. The molecule has 2 aromatic heterocycles. The summed E-state index contributed by atoms with van der Waals surface area (Å²) >= 11 is 0. The van der Waals surface area contributed by atoms with Crippen LogP contribution in [0.5, 0.6) is 0 Å². The number of sulfone groups is 1. The normalized spacial score (nSPS) is 21.0. The summed E-state index contributed by atoms with van der Waals surface area (Å²) in [5.41, 5.74) is 1.57. The Morgan fingerprint density at radius 1 is 1.36 bits per heavy atom. The predicted molar refractivity (Wildman–Crippen MR) is 94.2 cm³/mol. The molecule has 136 valence electrons. The Bertz CT molecular complexity index is 817. The van der Waals surface area contributed by atoms with Gasteiger partial charge in [-0.05, 0) is 18.6 Å². The Kier molecular flexibility index (Phi) is 5.10. The van der Waals surface area contributed by atoms with Gasteiger partial charge in [0.15, 0.2) is 9.84 Å². The Morgan fingerprint density at radius 3 is 2.72 bits per heavy atom. The fraction of sp³-hybridized carbons (Fsp3) is 0.529. The van der Waals surface area contributed by atoms with E-state index in [4.69, 9.17) is 9.26 Å². The van der Waals surface area contributed by atoms with Gasteiger partial charge >= 0.3 is 0 Å². The van der Waals surface area contributed by atoms with Gasteiger partial charge in [-0.2, -0.15) is 0 Å². The van der Waals surface area contributed by atoms with Crippen LogP contribution in [-0.2, 0) is 26.7 Å². The average molecular weight is 365 g/mol. The van der Waals surface area contributed by atoms with E-state index in [2.05, 4.69) is 15.0 Å². The molecule has 0 saturated carbocycles. The van der Waals surface area contributed by atoms with Crippen LogP contribution in [0.3, 0.4) is 0 Å². The summed E-state index contributed by atoms with van der Waals surface area (Å²) in [6.45, 7) is 3.45. The summed E-state index contributed by atoms with van der Waals surface area (Å²) in [7, 11) is -1.34. The molecule has 1 aliphatic rings. The number of aromatic nitrogens is 2. The Labute approximate surface area is 147 Å². The number of ether oxygens (including phenoxy) is 1. The highest BCUT2D eigenvalue weighted by Crippen LogP contribution is 2.27.